The van der Waals surface area contributed by atoms with E-state index in [1.54, 1.807) is 20.8 Å². The molecule has 1 rings (SSSR count). The van der Waals surface area contributed by atoms with Crippen molar-refractivity contribution >= 4 is 11.9 Å². The minimum Gasteiger partial charge on any atom is -0.465 e. The van der Waals surface area contributed by atoms with Crippen molar-refractivity contribution in [1.29, 1.82) is 0 Å². The first-order valence-corrected chi connectivity index (χ1v) is 6.17. The molecule has 0 aromatic heterocycles. The highest BCUT2D eigenvalue weighted by molar-refractivity contribution is 5.98. The van der Waals surface area contributed by atoms with Crippen LogP contribution in [-0.4, -0.2) is 25.2 Å². The van der Waals surface area contributed by atoms with Crippen LogP contribution in [0, 0.1) is 5.92 Å². The molecule has 0 aromatic carbocycles. The molecule has 0 amide bonds. The molecule has 0 aromatic rings. The summed E-state index contributed by atoms with van der Waals surface area (Å²) in [7, 11) is 0. The first kappa shape index (κ1) is 14.5. The van der Waals surface area contributed by atoms with Crippen LogP contribution in [0.3, 0.4) is 0 Å². The fourth-order valence-corrected chi connectivity index (χ4v) is 2.28. The standard InChI is InChI=1S/C14H20O4/c1-6-17-13(15)11-8(3)9(4)12(10(11)5)14(16)18-7-2/h11H,6-7H2,1-5H3. The van der Waals surface area contributed by atoms with Crippen LogP contribution in [0.5, 0.6) is 0 Å². The van der Waals surface area contributed by atoms with Gasteiger partial charge < -0.3 is 9.47 Å². The fraction of sp³-hybridized carbons (Fsp3) is 0.571. The van der Waals surface area contributed by atoms with Crippen LogP contribution in [0.4, 0.5) is 0 Å². The van der Waals surface area contributed by atoms with Gasteiger partial charge in [0, 0.05) is 0 Å². The summed E-state index contributed by atoms with van der Waals surface area (Å²) < 4.78 is 10.1. The summed E-state index contributed by atoms with van der Waals surface area (Å²) in [5.74, 6) is -1.10. The van der Waals surface area contributed by atoms with E-state index in [0.717, 1.165) is 16.7 Å². The molecule has 1 unspecified atom stereocenters. The van der Waals surface area contributed by atoms with E-state index in [-0.39, 0.29) is 11.9 Å². The Hall–Kier alpha value is -1.58. The molecule has 0 fully saturated rings. The van der Waals surface area contributed by atoms with Crippen molar-refractivity contribution in [3.63, 3.8) is 0 Å². The Morgan fingerprint density at radius 2 is 1.56 bits per heavy atom. The van der Waals surface area contributed by atoms with Gasteiger partial charge in [-0.1, -0.05) is 5.57 Å². The van der Waals surface area contributed by atoms with E-state index in [4.69, 9.17) is 9.47 Å². The minimum atomic E-state index is -0.440. The van der Waals surface area contributed by atoms with Gasteiger partial charge in [0.25, 0.3) is 0 Å². The lowest BCUT2D eigenvalue weighted by Gasteiger charge is -2.13. The van der Waals surface area contributed by atoms with E-state index in [1.807, 2.05) is 13.8 Å². The molecule has 0 N–H and O–H groups in total. The minimum absolute atomic E-state index is 0.300. The maximum Gasteiger partial charge on any atom is 0.338 e. The van der Waals surface area contributed by atoms with Crippen LogP contribution in [0.1, 0.15) is 34.6 Å². The Morgan fingerprint density at radius 3 is 2.06 bits per heavy atom. The SMILES string of the molecule is CCOC(=O)C1=C(C)C(C(=O)OCC)C(C)=C1C. The molecule has 0 saturated carbocycles. The summed E-state index contributed by atoms with van der Waals surface area (Å²) in [6, 6.07) is 0. The number of esters is 2. The van der Waals surface area contributed by atoms with E-state index < -0.39 is 5.92 Å². The molecule has 1 atom stereocenters. The monoisotopic (exact) mass is 252 g/mol. The average Bonchev–Trinajstić information content (AvgIpc) is 2.51. The molecule has 0 spiro atoms. The zero-order chi connectivity index (χ0) is 13.9. The van der Waals surface area contributed by atoms with Crippen molar-refractivity contribution in [3.8, 4) is 0 Å². The van der Waals surface area contributed by atoms with Gasteiger partial charge >= 0.3 is 11.9 Å². The quantitative estimate of drug-likeness (QED) is 0.721. The third-order valence-corrected chi connectivity index (χ3v) is 3.23. The largest absolute Gasteiger partial charge is 0.465 e. The lowest BCUT2D eigenvalue weighted by molar-refractivity contribution is -0.145. The predicted octanol–water partition coefficient (Wildman–Crippen LogP) is 2.40. The molecule has 0 aliphatic heterocycles. The van der Waals surface area contributed by atoms with Crippen molar-refractivity contribution < 1.29 is 19.1 Å². The summed E-state index contributed by atoms with van der Waals surface area (Å²) >= 11 is 0. The zero-order valence-corrected chi connectivity index (χ0v) is 11.6. The third kappa shape index (κ3) is 2.47. The molecule has 1 aliphatic carbocycles. The van der Waals surface area contributed by atoms with Crippen LogP contribution in [0.15, 0.2) is 22.3 Å². The Morgan fingerprint density at radius 1 is 1.00 bits per heavy atom. The van der Waals surface area contributed by atoms with Crippen LogP contribution in [0.25, 0.3) is 0 Å². The van der Waals surface area contributed by atoms with Crippen molar-refractivity contribution in [2.45, 2.75) is 34.6 Å². The topological polar surface area (TPSA) is 52.6 Å². The predicted molar refractivity (Wildman–Crippen MR) is 67.8 cm³/mol. The molecule has 0 radical (unpaired) electrons. The Balaban J connectivity index is 3.11. The lowest BCUT2D eigenvalue weighted by atomic mass is 9.97. The van der Waals surface area contributed by atoms with Crippen molar-refractivity contribution in [3.05, 3.63) is 22.3 Å². The van der Waals surface area contributed by atoms with Crippen molar-refractivity contribution in [2.24, 2.45) is 5.92 Å². The molecule has 4 heteroatoms. The first-order chi connectivity index (χ1) is 8.45. The highest BCUT2D eigenvalue weighted by Crippen LogP contribution is 2.38. The molecule has 1 aliphatic rings. The number of ether oxygens (including phenoxy) is 2. The zero-order valence-electron chi connectivity index (χ0n) is 11.6. The highest BCUT2D eigenvalue weighted by atomic mass is 16.5. The second-order valence-corrected chi connectivity index (χ2v) is 4.27. The van der Waals surface area contributed by atoms with Crippen LogP contribution >= 0.6 is 0 Å². The normalized spacial score (nSPS) is 19.3. The fourth-order valence-electron chi connectivity index (χ4n) is 2.28. The van der Waals surface area contributed by atoms with Crippen LogP contribution < -0.4 is 0 Å². The molecule has 18 heavy (non-hydrogen) atoms. The summed E-state index contributed by atoms with van der Waals surface area (Å²) in [6.07, 6.45) is 0. The Bertz CT molecular complexity index is 429. The van der Waals surface area contributed by atoms with E-state index >= 15 is 0 Å². The van der Waals surface area contributed by atoms with Gasteiger partial charge in [-0.25, -0.2) is 4.79 Å². The van der Waals surface area contributed by atoms with Crippen LogP contribution in [-0.2, 0) is 19.1 Å². The van der Waals surface area contributed by atoms with Crippen molar-refractivity contribution in [1.82, 2.24) is 0 Å². The summed E-state index contributed by atoms with van der Waals surface area (Å²) in [5, 5.41) is 0. The maximum atomic E-state index is 11.9. The molecule has 0 bridgehead atoms. The number of hydrogen-bond acceptors (Lipinski definition) is 4. The van der Waals surface area contributed by atoms with Crippen molar-refractivity contribution in [2.75, 3.05) is 13.2 Å². The molecular formula is C14H20O4. The van der Waals surface area contributed by atoms with Gasteiger partial charge in [0.2, 0.25) is 0 Å². The number of hydrogen-bond donors (Lipinski definition) is 0. The second-order valence-electron chi connectivity index (χ2n) is 4.27. The summed E-state index contributed by atoms with van der Waals surface area (Å²) in [6.45, 7) is 9.67. The molecule has 0 saturated heterocycles. The molecule has 100 valence electrons. The number of rotatable bonds is 4. The first-order valence-electron chi connectivity index (χ1n) is 6.17. The highest BCUT2D eigenvalue weighted by Gasteiger charge is 2.36. The van der Waals surface area contributed by atoms with Gasteiger partial charge in [-0.2, -0.15) is 0 Å². The molecule has 0 heterocycles. The lowest BCUT2D eigenvalue weighted by Crippen LogP contribution is -2.19. The average molecular weight is 252 g/mol. The Kier molecular flexibility index (Phi) is 4.70. The Labute approximate surface area is 108 Å². The number of carbonyl (C=O) groups is 2. The van der Waals surface area contributed by atoms with E-state index in [9.17, 15) is 9.59 Å². The van der Waals surface area contributed by atoms with E-state index in [2.05, 4.69) is 0 Å². The van der Waals surface area contributed by atoms with Gasteiger partial charge in [-0.3, -0.25) is 4.79 Å². The van der Waals surface area contributed by atoms with Gasteiger partial charge in [0.15, 0.2) is 0 Å². The summed E-state index contributed by atoms with van der Waals surface area (Å²) in [5.41, 5.74) is 2.94. The van der Waals surface area contributed by atoms with Gasteiger partial charge in [-0.15, -0.1) is 0 Å². The van der Waals surface area contributed by atoms with Crippen LogP contribution in [0.2, 0.25) is 0 Å². The van der Waals surface area contributed by atoms with Gasteiger partial charge in [0.05, 0.1) is 24.7 Å². The van der Waals surface area contributed by atoms with Gasteiger partial charge in [-0.05, 0) is 45.8 Å². The molecular weight excluding hydrogens is 232 g/mol. The van der Waals surface area contributed by atoms with E-state index in [1.165, 1.54) is 0 Å². The molecule has 4 nitrogen and oxygen atoms in total. The smallest absolute Gasteiger partial charge is 0.338 e. The number of carbonyl (C=O) groups excluding carboxylic acids is 2. The van der Waals surface area contributed by atoms with E-state index in [0.29, 0.717) is 18.8 Å². The van der Waals surface area contributed by atoms with Gasteiger partial charge in [0.1, 0.15) is 0 Å². The second kappa shape index (κ2) is 5.85. The summed E-state index contributed by atoms with van der Waals surface area (Å²) in [4.78, 5) is 23.8. The third-order valence-electron chi connectivity index (χ3n) is 3.23. The maximum absolute atomic E-state index is 11.9.